The second-order valence-electron chi connectivity index (χ2n) is 7.23. The van der Waals surface area contributed by atoms with Crippen LogP contribution >= 0.6 is 11.3 Å². The molecular formula is C24H16N4OS. The monoisotopic (exact) mass is 408 g/mol. The van der Waals surface area contributed by atoms with Gasteiger partial charge in [-0.3, -0.25) is 10.1 Å². The number of hydrogen-bond acceptors (Lipinski definition) is 4. The van der Waals surface area contributed by atoms with Gasteiger partial charge in [0.2, 0.25) is 0 Å². The predicted molar refractivity (Wildman–Crippen MR) is 122 cm³/mol. The number of nitrogens with zero attached hydrogens (tertiary/aromatic N) is 2. The van der Waals surface area contributed by atoms with Gasteiger partial charge in [-0.2, -0.15) is 16.4 Å². The highest BCUT2D eigenvalue weighted by Gasteiger charge is 2.14. The van der Waals surface area contributed by atoms with Crippen molar-refractivity contribution < 1.29 is 5.11 Å². The zero-order valence-corrected chi connectivity index (χ0v) is 16.6. The fourth-order valence-electron chi connectivity index (χ4n) is 3.94. The normalized spacial score (nSPS) is 11.5. The Kier molecular flexibility index (Phi) is 3.72. The summed E-state index contributed by atoms with van der Waals surface area (Å²) in [5.74, 6) is 0.150. The Morgan fingerprint density at radius 3 is 2.67 bits per heavy atom. The molecule has 0 aliphatic rings. The number of aromatic amines is 2. The Bertz CT molecular complexity index is 1510. The Balaban J connectivity index is 1.52. The van der Waals surface area contributed by atoms with Crippen LogP contribution in [0.4, 0.5) is 0 Å². The molecule has 0 amide bonds. The van der Waals surface area contributed by atoms with Crippen molar-refractivity contribution in [1.82, 2.24) is 20.2 Å². The van der Waals surface area contributed by atoms with Gasteiger partial charge in [0.1, 0.15) is 11.4 Å². The van der Waals surface area contributed by atoms with Crippen molar-refractivity contribution in [2.75, 3.05) is 0 Å². The van der Waals surface area contributed by atoms with E-state index in [1.807, 2.05) is 12.1 Å². The van der Waals surface area contributed by atoms with E-state index < -0.39 is 0 Å². The molecule has 0 atom stereocenters. The SMILES string of the molecule is Oc1cncc(-c2ccc3[nH]nc(-c4cc5c(-c6ccsc6)cccc5[nH]4)c3c2)c1. The van der Waals surface area contributed by atoms with Crippen molar-refractivity contribution in [2.45, 2.75) is 0 Å². The second kappa shape index (κ2) is 6.57. The molecule has 6 aromatic rings. The number of H-pyrrole nitrogens is 2. The maximum Gasteiger partial charge on any atom is 0.134 e. The summed E-state index contributed by atoms with van der Waals surface area (Å²) in [5, 5.41) is 24.0. The van der Waals surface area contributed by atoms with E-state index in [1.165, 1.54) is 22.7 Å². The molecule has 0 radical (unpaired) electrons. The van der Waals surface area contributed by atoms with Gasteiger partial charge in [0.25, 0.3) is 0 Å². The molecule has 0 saturated heterocycles. The molecule has 0 spiro atoms. The van der Waals surface area contributed by atoms with Gasteiger partial charge in [0, 0.05) is 28.0 Å². The minimum Gasteiger partial charge on any atom is -0.506 e. The fraction of sp³-hybridized carbons (Fsp3) is 0. The van der Waals surface area contributed by atoms with Gasteiger partial charge in [-0.25, -0.2) is 0 Å². The first kappa shape index (κ1) is 17.0. The first-order valence-corrected chi connectivity index (χ1v) is 10.5. The Morgan fingerprint density at radius 1 is 0.833 bits per heavy atom. The molecular weight excluding hydrogens is 392 g/mol. The standard InChI is InChI=1S/C24H16N4OS/c29-17-8-16(11-25-12-17)14-4-5-22-20(9-14)24(28-27-22)23-10-19-18(15-6-7-30-13-15)2-1-3-21(19)26-23/h1-13,26,29H,(H,27,28). The number of nitrogens with one attached hydrogen (secondary N) is 2. The number of benzene rings is 2. The summed E-state index contributed by atoms with van der Waals surface area (Å²) in [6.45, 7) is 0. The van der Waals surface area contributed by atoms with Crippen LogP contribution in [0.2, 0.25) is 0 Å². The third-order valence-corrected chi connectivity index (χ3v) is 6.05. The predicted octanol–water partition coefficient (Wildman–Crippen LogP) is 6.21. The molecule has 0 aliphatic carbocycles. The van der Waals surface area contributed by atoms with E-state index in [0.29, 0.717) is 0 Å². The summed E-state index contributed by atoms with van der Waals surface area (Å²) in [5.41, 5.74) is 8.14. The maximum absolute atomic E-state index is 9.78. The van der Waals surface area contributed by atoms with E-state index in [9.17, 15) is 5.11 Å². The van der Waals surface area contributed by atoms with Gasteiger partial charge < -0.3 is 10.1 Å². The molecule has 0 bridgehead atoms. The number of aromatic nitrogens is 4. The molecule has 6 rings (SSSR count). The Labute approximate surface area is 175 Å². The van der Waals surface area contributed by atoms with Crippen molar-refractivity contribution in [3.63, 3.8) is 0 Å². The van der Waals surface area contributed by atoms with Crippen LogP contribution < -0.4 is 0 Å². The van der Waals surface area contributed by atoms with Crippen LogP contribution in [0, 0.1) is 0 Å². The minimum atomic E-state index is 0.150. The van der Waals surface area contributed by atoms with E-state index in [0.717, 1.165) is 38.9 Å². The van der Waals surface area contributed by atoms with Crippen molar-refractivity contribution >= 4 is 33.1 Å². The molecule has 4 heterocycles. The molecule has 3 N–H and O–H groups in total. The second-order valence-corrected chi connectivity index (χ2v) is 8.01. The highest BCUT2D eigenvalue weighted by molar-refractivity contribution is 7.08. The molecule has 5 nitrogen and oxygen atoms in total. The lowest BCUT2D eigenvalue weighted by Gasteiger charge is -2.02. The zero-order valence-electron chi connectivity index (χ0n) is 15.8. The number of rotatable bonds is 3. The van der Waals surface area contributed by atoms with E-state index >= 15 is 0 Å². The summed E-state index contributed by atoms with van der Waals surface area (Å²) >= 11 is 1.70. The van der Waals surface area contributed by atoms with Crippen molar-refractivity contribution in [3.05, 3.63) is 77.8 Å². The molecule has 0 fully saturated rings. The van der Waals surface area contributed by atoms with Gasteiger partial charge in [0.05, 0.1) is 17.4 Å². The number of hydrogen-bond donors (Lipinski definition) is 3. The van der Waals surface area contributed by atoms with Gasteiger partial charge in [0.15, 0.2) is 0 Å². The molecule has 0 aliphatic heterocycles. The molecule has 0 unspecified atom stereocenters. The quantitative estimate of drug-likeness (QED) is 0.326. The van der Waals surface area contributed by atoms with E-state index in [2.05, 4.69) is 67.3 Å². The molecule has 4 aromatic heterocycles. The van der Waals surface area contributed by atoms with Crippen LogP contribution in [0.25, 0.3) is 55.4 Å². The number of thiophene rings is 1. The molecule has 0 saturated carbocycles. The van der Waals surface area contributed by atoms with Crippen LogP contribution in [-0.2, 0) is 0 Å². The van der Waals surface area contributed by atoms with Crippen LogP contribution in [0.3, 0.4) is 0 Å². The smallest absolute Gasteiger partial charge is 0.134 e. The summed E-state index contributed by atoms with van der Waals surface area (Å²) in [6.07, 6.45) is 3.18. The number of pyridine rings is 1. The van der Waals surface area contributed by atoms with Gasteiger partial charge in [-0.1, -0.05) is 18.2 Å². The average Bonchev–Trinajstić information content (AvgIpc) is 3.51. The lowest BCUT2D eigenvalue weighted by atomic mass is 10.0. The Morgan fingerprint density at radius 2 is 1.80 bits per heavy atom. The largest absolute Gasteiger partial charge is 0.506 e. The molecule has 144 valence electrons. The zero-order chi connectivity index (χ0) is 20.1. The van der Waals surface area contributed by atoms with E-state index in [1.54, 1.807) is 23.6 Å². The summed E-state index contributed by atoms with van der Waals surface area (Å²) in [7, 11) is 0. The number of aromatic hydroxyl groups is 1. The summed E-state index contributed by atoms with van der Waals surface area (Å²) < 4.78 is 0. The third-order valence-electron chi connectivity index (χ3n) is 5.37. The van der Waals surface area contributed by atoms with Crippen LogP contribution in [-0.4, -0.2) is 25.3 Å². The minimum absolute atomic E-state index is 0.150. The highest BCUT2D eigenvalue weighted by atomic mass is 32.1. The lowest BCUT2D eigenvalue weighted by Crippen LogP contribution is -1.81. The first-order chi connectivity index (χ1) is 14.8. The van der Waals surface area contributed by atoms with E-state index in [4.69, 9.17) is 0 Å². The number of fused-ring (bicyclic) bond motifs is 2. The van der Waals surface area contributed by atoms with Crippen LogP contribution in [0.1, 0.15) is 0 Å². The van der Waals surface area contributed by atoms with Crippen molar-refractivity contribution in [2.24, 2.45) is 0 Å². The fourth-order valence-corrected chi connectivity index (χ4v) is 4.59. The summed E-state index contributed by atoms with van der Waals surface area (Å²) in [6, 6.07) is 18.4. The van der Waals surface area contributed by atoms with Crippen LogP contribution in [0.15, 0.2) is 77.8 Å². The Hall–Kier alpha value is -3.90. The first-order valence-electron chi connectivity index (χ1n) is 9.53. The lowest BCUT2D eigenvalue weighted by molar-refractivity contribution is 0.473. The molecule has 2 aromatic carbocycles. The summed E-state index contributed by atoms with van der Waals surface area (Å²) in [4.78, 5) is 7.62. The van der Waals surface area contributed by atoms with Crippen molar-refractivity contribution in [1.29, 1.82) is 0 Å². The van der Waals surface area contributed by atoms with Gasteiger partial charge in [-0.15, -0.1) is 0 Å². The van der Waals surface area contributed by atoms with Crippen LogP contribution in [0.5, 0.6) is 5.75 Å². The van der Waals surface area contributed by atoms with Crippen molar-refractivity contribution in [3.8, 4) is 39.4 Å². The van der Waals surface area contributed by atoms with Gasteiger partial charge >= 0.3 is 0 Å². The van der Waals surface area contributed by atoms with E-state index in [-0.39, 0.29) is 5.75 Å². The molecule has 6 heteroatoms. The topological polar surface area (TPSA) is 77.6 Å². The molecule has 30 heavy (non-hydrogen) atoms. The highest BCUT2D eigenvalue weighted by Crippen LogP contribution is 2.35. The van der Waals surface area contributed by atoms with Gasteiger partial charge in [-0.05, 0) is 63.8 Å². The maximum atomic E-state index is 9.78. The third kappa shape index (κ3) is 2.69. The average molecular weight is 408 g/mol.